The molecule has 12 heteroatoms. The second kappa shape index (κ2) is 9.68. The molecule has 2 aromatic carbocycles. The summed E-state index contributed by atoms with van der Waals surface area (Å²) in [6.07, 6.45) is 0.896. The van der Waals surface area contributed by atoms with Crippen LogP contribution in [-0.2, 0) is 19.1 Å². The van der Waals surface area contributed by atoms with E-state index in [1.807, 2.05) is 19.1 Å². The van der Waals surface area contributed by atoms with Gasteiger partial charge < -0.3 is 19.9 Å². The van der Waals surface area contributed by atoms with Crippen molar-refractivity contribution in [3.8, 4) is 0 Å². The lowest BCUT2D eigenvalue weighted by atomic mass is 9.40. The minimum absolute atomic E-state index is 0.00784. The molecule has 3 saturated carbocycles. The third kappa shape index (κ3) is 4.69. The summed E-state index contributed by atoms with van der Waals surface area (Å²) < 4.78 is 35.4. The van der Waals surface area contributed by atoms with Gasteiger partial charge in [0.2, 0.25) is 17.7 Å². The molecular formula is C29H29ClF2N4O5. The van der Waals surface area contributed by atoms with Crippen molar-refractivity contribution in [2.75, 3.05) is 29.9 Å². The van der Waals surface area contributed by atoms with E-state index in [0.29, 0.717) is 43.1 Å². The summed E-state index contributed by atoms with van der Waals surface area (Å²) in [6, 6.07) is 7.43. The van der Waals surface area contributed by atoms with Gasteiger partial charge in [-0.2, -0.15) is 0 Å². The predicted molar refractivity (Wildman–Crippen MR) is 146 cm³/mol. The number of benzene rings is 2. The van der Waals surface area contributed by atoms with E-state index in [2.05, 4.69) is 10.6 Å². The largest absolute Gasteiger partial charge is 0.443 e. The number of nitrogens with zero attached hydrogens (tertiary/aromatic N) is 2. The summed E-state index contributed by atoms with van der Waals surface area (Å²) >= 11 is 6.04. The van der Waals surface area contributed by atoms with Crippen LogP contribution in [0, 0.1) is 24.0 Å². The van der Waals surface area contributed by atoms with E-state index in [4.69, 9.17) is 16.3 Å². The molecule has 2 aromatic rings. The highest BCUT2D eigenvalue weighted by Gasteiger charge is 2.75. The molecule has 216 valence electrons. The van der Waals surface area contributed by atoms with Gasteiger partial charge >= 0.3 is 6.09 Å². The Labute approximate surface area is 240 Å². The van der Waals surface area contributed by atoms with Crippen molar-refractivity contribution in [2.24, 2.45) is 5.41 Å². The number of alkyl carbamates (subject to hydrolysis) is 1. The molecule has 41 heavy (non-hydrogen) atoms. The maximum atomic E-state index is 14.8. The molecule has 2 N–H and O–H groups in total. The van der Waals surface area contributed by atoms with Gasteiger partial charge in [-0.1, -0.05) is 11.6 Å². The third-order valence-corrected chi connectivity index (χ3v) is 9.02. The predicted octanol–water partition coefficient (Wildman–Crippen LogP) is 3.95. The molecule has 1 unspecified atom stereocenters. The molecular weight excluding hydrogens is 558 g/mol. The van der Waals surface area contributed by atoms with Crippen molar-refractivity contribution >= 4 is 46.8 Å². The van der Waals surface area contributed by atoms with Crippen LogP contribution in [0.25, 0.3) is 0 Å². The lowest BCUT2D eigenvalue weighted by Crippen LogP contribution is -2.74. The number of anilines is 2. The number of carbonyl (C=O) groups is 4. The Bertz CT molecular complexity index is 1450. The van der Waals surface area contributed by atoms with E-state index in [1.165, 1.54) is 0 Å². The summed E-state index contributed by atoms with van der Waals surface area (Å²) in [4.78, 5) is 52.5. The second-order valence-electron chi connectivity index (χ2n) is 11.8. The lowest BCUT2D eigenvalue weighted by Gasteiger charge is -2.67. The van der Waals surface area contributed by atoms with Crippen molar-refractivity contribution in [1.82, 2.24) is 10.6 Å². The van der Waals surface area contributed by atoms with Crippen molar-refractivity contribution in [2.45, 2.75) is 56.6 Å². The Hall–Kier alpha value is -3.73. The molecule has 2 aliphatic heterocycles. The fourth-order valence-electron chi connectivity index (χ4n) is 6.72. The number of halogens is 3. The first-order chi connectivity index (χ1) is 19.4. The number of rotatable bonds is 6. The third-order valence-electron chi connectivity index (χ3n) is 8.79. The molecule has 3 aliphatic carbocycles. The molecule has 2 heterocycles. The van der Waals surface area contributed by atoms with Gasteiger partial charge in [0.15, 0.2) is 0 Å². The molecule has 0 aromatic heterocycles. The number of carbonyl (C=O) groups excluding carboxylic acids is 4. The first-order valence-electron chi connectivity index (χ1n) is 13.5. The number of imide groups is 1. The number of nitrogens with one attached hydrogen (secondary N) is 2. The van der Waals surface area contributed by atoms with Gasteiger partial charge in [-0.25, -0.2) is 13.6 Å². The standard InChI is InChI=1S/C29H29ClF2N4O5/c1-15-7-16(30)3-5-22(15)35(2)26(39)28-12-29(13-28,14-28)41-27(40)33-17-10-36(11-17)18-8-20(31)24(21(32)9-18)19-4-6-23(37)34-25(19)38/h3,5,7-9,17,19H,4,6,10-14H2,1-2H3,(H,33,40)(H,34,37,38). The van der Waals surface area contributed by atoms with E-state index in [1.54, 1.807) is 22.9 Å². The zero-order chi connectivity index (χ0) is 29.3. The van der Waals surface area contributed by atoms with Gasteiger partial charge in [0, 0.05) is 67.8 Å². The smallest absolute Gasteiger partial charge is 0.408 e. The van der Waals surface area contributed by atoms with E-state index < -0.39 is 46.5 Å². The average Bonchev–Trinajstić information content (AvgIpc) is 2.82. The molecule has 4 amide bonds. The van der Waals surface area contributed by atoms with Crippen molar-refractivity contribution in [3.63, 3.8) is 0 Å². The quantitative estimate of drug-likeness (QED) is 0.497. The van der Waals surface area contributed by atoms with Crippen molar-refractivity contribution in [3.05, 3.63) is 58.1 Å². The van der Waals surface area contributed by atoms with Crippen LogP contribution in [0.15, 0.2) is 30.3 Å². The number of ether oxygens (including phenoxy) is 1. The molecule has 2 saturated heterocycles. The van der Waals surface area contributed by atoms with Crippen LogP contribution in [0.4, 0.5) is 25.0 Å². The van der Waals surface area contributed by atoms with Gasteiger partial charge in [-0.15, -0.1) is 0 Å². The number of piperidine rings is 1. The molecule has 0 spiro atoms. The number of hydrogen-bond donors (Lipinski definition) is 2. The zero-order valence-electron chi connectivity index (χ0n) is 22.6. The van der Waals surface area contributed by atoms with Crippen molar-refractivity contribution < 1.29 is 32.7 Å². The summed E-state index contributed by atoms with van der Waals surface area (Å²) in [5.41, 5.74) is 0.469. The van der Waals surface area contributed by atoms with Crippen LogP contribution < -0.4 is 20.4 Å². The van der Waals surface area contributed by atoms with Crippen LogP contribution in [0.1, 0.15) is 49.1 Å². The fraction of sp³-hybridized carbons (Fsp3) is 0.448. The van der Waals surface area contributed by atoms with E-state index in [9.17, 15) is 28.0 Å². The topological polar surface area (TPSA) is 108 Å². The molecule has 5 aliphatic rings. The highest BCUT2D eigenvalue weighted by Crippen LogP contribution is 2.69. The SMILES string of the molecule is Cc1cc(Cl)ccc1N(C)C(=O)C12CC(OC(=O)NC3CN(c4cc(F)c(C5CCC(=O)NC5=O)c(F)c4)C3)(C1)C2. The van der Waals surface area contributed by atoms with Gasteiger partial charge in [-0.3, -0.25) is 19.7 Å². The molecule has 5 fully saturated rings. The Balaban J connectivity index is 0.986. The maximum Gasteiger partial charge on any atom is 0.408 e. The summed E-state index contributed by atoms with van der Waals surface area (Å²) in [5.74, 6) is -3.94. The van der Waals surface area contributed by atoms with Gasteiger partial charge in [0.05, 0.1) is 17.4 Å². The first-order valence-corrected chi connectivity index (χ1v) is 13.9. The maximum absolute atomic E-state index is 14.8. The lowest BCUT2D eigenvalue weighted by molar-refractivity contribution is -0.246. The van der Waals surface area contributed by atoms with Gasteiger partial charge in [0.25, 0.3) is 0 Å². The molecule has 7 rings (SSSR count). The minimum atomic E-state index is -1.06. The second-order valence-corrected chi connectivity index (χ2v) is 12.2. The first kappa shape index (κ1) is 27.4. The minimum Gasteiger partial charge on any atom is -0.443 e. The monoisotopic (exact) mass is 586 g/mol. The summed E-state index contributed by atoms with van der Waals surface area (Å²) in [5, 5.41) is 5.51. The summed E-state index contributed by atoms with van der Waals surface area (Å²) in [7, 11) is 1.74. The number of hydrogen-bond acceptors (Lipinski definition) is 6. The summed E-state index contributed by atoms with van der Waals surface area (Å²) in [6.45, 7) is 2.55. The molecule has 0 radical (unpaired) electrons. The van der Waals surface area contributed by atoms with Crippen LogP contribution in [-0.4, -0.2) is 55.6 Å². The van der Waals surface area contributed by atoms with E-state index in [-0.39, 0.29) is 30.4 Å². The Kier molecular flexibility index (Phi) is 6.48. The van der Waals surface area contributed by atoms with Gasteiger partial charge in [0.1, 0.15) is 17.2 Å². The highest BCUT2D eigenvalue weighted by molar-refractivity contribution is 6.30. The van der Waals surface area contributed by atoms with Crippen molar-refractivity contribution in [1.29, 1.82) is 0 Å². The van der Waals surface area contributed by atoms with Crippen LogP contribution in [0.2, 0.25) is 5.02 Å². The van der Waals surface area contributed by atoms with Crippen LogP contribution >= 0.6 is 11.6 Å². The molecule has 9 nitrogen and oxygen atoms in total. The van der Waals surface area contributed by atoms with E-state index in [0.717, 1.165) is 23.4 Å². The Morgan fingerprint density at radius 1 is 1.12 bits per heavy atom. The normalized spacial score (nSPS) is 26.8. The van der Waals surface area contributed by atoms with E-state index >= 15 is 0 Å². The highest BCUT2D eigenvalue weighted by atomic mass is 35.5. The Morgan fingerprint density at radius 3 is 2.39 bits per heavy atom. The Morgan fingerprint density at radius 2 is 1.78 bits per heavy atom. The molecule has 1 atom stereocenters. The molecule has 2 bridgehead atoms. The number of aryl methyl sites for hydroxylation is 1. The van der Waals surface area contributed by atoms with Crippen LogP contribution in [0.3, 0.4) is 0 Å². The fourth-order valence-corrected chi connectivity index (χ4v) is 6.95. The number of amides is 4. The zero-order valence-corrected chi connectivity index (χ0v) is 23.3. The average molecular weight is 587 g/mol. The van der Waals surface area contributed by atoms with Gasteiger partial charge in [-0.05, 0) is 49.2 Å². The van der Waals surface area contributed by atoms with Crippen LogP contribution in [0.5, 0.6) is 0 Å².